The summed E-state index contributed by atoms with van der Waals surface area (Å²) >= 11 is 3.37. The van der Waals surface area contributed by atoms with E-state index in [4.69, 9.17) is 4.42 Å². The van der Waals surface area contributed by atoms with Gasteiger partial charge in [0.15, 0.2) is 9.84 Å². The van der Waals surface area contributed by atoms with Crippen molar-refractivity contribution in [3.63, 3.8) is 0 Å². The Labute approximate surface area is 109 Å². The third kappa shape index (κ3) is 2.72. The van der Waals surface area contributed by atoms with Gasteiger partial charge in [0.25, 0.3) is 0 Å². The van der Waals surface area contributed by atoms with Crippen LogP contribution in [0, 0.1) is 0 Å². The van der Waals surface area contributed by atoms with Gasteiger partial charge < -0.3 is 4.42 Å². The Balaban J connectivity index is 2.38. The number of rotatable bonds is 3. The fourth-order valence-corrected chi connectivity index (χ4v) is 2.76. The summed E-state index contributed by atoms with van der Waals surface area (Å²) in [6.45, 7) is 3.35. The van der Waals surface area contributed by atoms with E-state index >= 15 is 0 Å². The van der Waals surface area contributed by atoms with Gasteiger partial charge >= 0.3 is 0 Å². The van der Waals surface area contributed by atoms with Crippen molar-refractivity contribution in [1.29, 1.82) is 0 Å². The predicted molar refractivity (Wildman–Crippen MR) is 71.7 cm³/mol. The first-order valence-electron chi connectivity index (χ1n) is 5.28. The zero-order chi connectivity index (χ0) is 12.6. The molecule has 2 rings (SSSR count). The second-order valence-electron chi connectivity index (χ2n) is 4.25. The van der Waals surface area contributed by atoms with Crippen LogP contribution < -0.4 is 0 Å². The Hall–Kier alpha value is -0.810. The molecule has 0 radical (unpaired) electrons. The van der Waals surface area contributed by atoms with Gasteiger partial charge in [0, 0.05) is 9.86 Å². The van der Waals surface area contributed by atoms with E-state index in [1.165, 1.54) is 0 Å². The molecule has 5 heteroatoms. The van der Waals surface area contributed by atoms with Crippen LogP contribution in [-0.2, 0) is 15.6 Å². The largest absolute Gasteiger partial charge is 0.460 e. The molecular weight excluding hydrogens is 304 g/mol. The maximum Gasteiger partial charge on any atom is 0.159 e. The minimum Gasteiger partial charge on any atom is -0.460 e. The molecule has 17 heavy (non-hydrogen) atoms. The molecule has 2 aromatic rings. The average Bonchev–Trinajstić information content (AvgIpc) is 2.57. The second kappa shape index (κ2) is 4.46. The normalized spacial score (nSPS) is 12.5. The zero-order valence-electron chi connectivity index (χ0n) is 9.60. The molecule has 0 fully saturated rings. The second-order valence-corrected chi connectivity index (χ2v) is 7.72. The monoisotopic (exact) mass is 316 g/mol. The van der Waals surface area contributed by atoms with Crippen molar-refractivity contribution >= 4 is 36.7 Å². The molecule has 3 nitrogen and oxygen atoms in total. The van der Waals surface area contributed by atoms with Crippen LogP contribution in [0.25, 0.3) is 11.0 Å². The van der Waals surface area contributed by atoms with Gasteiger partial charge in [-0.3, -0.25) is 0 Å². The first-order valence-corrected chi connectivity index (χ1v) is 7.79. The Morgan fingerprint density at radius 2 is 2.00 bits per heavy atom. The number of sulfone groups is 1. The quantitative estimate of drug-likeness (QED) is 0.870. The standard InChI is InChI=1S/C12H13BrO3S/c1-8(2)17(14,15)7-11-6-9-5-10(13)3-4-12(9)16-11/h3-6,8H,7H2,1-2H3. The van der Waals surface area contributed by atoms with E-state index in [2.05, 4.69) is 15.9 Å². The summed E-state index contributed by atoms with van der Waals surface area (Å²) in [6, 6.07) is 7.38. The van der Waals surface area contributed by atoms with Crippen molar-refractivity contribution in [2.75, 3.05) is 0 Å². The molecule has 1 aromatic carbocycles. The fraction of sp³-hybridized carbons (Fsp3) is 0.333. The molecule has 0 aliphatic carbocycles. The minimum atomic E-state index is -3.11. The summed E-state index contributed by atoms with van der Waals surface area (Å²) in [5.41, 5.74) is 0.710. The molecule has 0 bridgehead atoms. The lowest BCUT2D eigenvalue weighted by molar-refractivity contribution is 0.550. The van der Waals surface area contributed by atoms with Gasteiger partial charge in [-0.1, -0.05) is 15.9 Å². The van der Waals surface area contributed by atoms with Crippen LogP contribution >= 0.6 is 15.9 Å². The fourth-order valence-electron chi connectivity index (χ4n) is 1.51. The highest BCUT2D eigenvalue weighted by Crippen LogP contribution is 2.24. The maximum atomic E-state index is 11.8. The van der Waals surface area contributed by atoms with Crippen LogP contribution in [0.1, 0.15) is 19.6 Å². The Morgan fingerprint density at radius 1 is 1.29 bits per heavy atom. The molecule has 92 valence electrons. The van der Waals surface area contributed by atoms with Crippen molar-refractivity contribution in [3.8, 4) is 0 Å². The van der Waals surface area contributed by atoms with Crippen molar-refractivity contribution in [1.82, 2.24) is 0 Å². The third-order valence-electron chi connectivity index (χ3n) is 2.59. The number of hydrogen-bond acceptors (Lipinski definition) is 3. The van der Waals surface area contributed by atoms with Crippen LogP contribution in [0.15, 0.2) is 33.2 Å². The predicted octanol–water partition coefficient (Wildman–Crippen LogP) is 3.52. The van der Waals surface area contributed by atoms with E-state index in [0.717, 1.165) is 9.86 Å². The van der Waals surface area contributed by atoms with E-state index < -0.39 is 9.84 Å². The van der Waals surface area contributed by atoms with E-state index in [0.29, 0.717) is 11.3 Å². The topological polar surface area (TPSA) is 47.3 Å². The van der Waals surface area contributed by atoms with E-state index in [9.17, 15) is 8.42 Å². The third-order valence-corrected chi connectivity index (χ3v) is 5.21. The van der Waals surface area contributed by atoms with E-state index in [1.54, 1.807) is 19.9 Å². The highest BCUT2D eigenvalue weighted by atomic mass is 79.9. The summed E-state index contributed by atoms with van der Waals surface area (Å²) < 4.78 is 30.0. The highest BCUT2D eigenvalue weighted by Gasteiger charge is 2.19. The van der Waals surface area contributed by atoms with Crippen molar-refractivity contribution in [3.05, 3.63) is 34.5 Å². The van der Waals surface area contributed by atoms with Crippen LogP contribution in [-0.4, -0.2) is 13.7 Å². The molecule has 0 spiro atoms. The number of hydrogen-bond donors (Lipinski definition) is 0. The zero-order valence-corrected chi connectivity index (χ0v) is 12.0. The van der Waals surface area contributed by atoms with Gasteiger partial charge in [0.1, 0.15) is 17.1 Å². The van der Waals surface area contributed by atoms with Gasteiger partial charge in [0.2, 0.25) is 0 Å². The average molecular weight is 317 g/mol. The van der Waals surface area contributed by atoms with Crippen LogP contribution in [0.5, 0.6) is 0 Å². The lowest BCUT2D eigenvalue weighted by Gasteiger charge is -2.04. The summed E-state index contributed by atoms with van der Waals surface area (Å²) in [6.07, 6.45) is 0. The van der Waals surface area contributed by atoms with Gasteiger partial charge in [-0.25, -0.2) is 8.42 Å². The molecular formula is C12H13BrO3S. The van der Waals surface area contributed by atoms with Gasteiger partial charge in [-0.2, -0.15) is 0 Å². The first kappa shape index (κ1) is 12.6. The van der Waals surface area contributed by atoms with Gasteiger partial charge in [0.05, 0.1) is 5.25 Å². The molecule has 0 N–H and O–H groups in total. The number of benzene rings is 1. The Kier molecular flexibility index (Phi) is 3.32. The van der Waals surface area contributed by atoms with E-state index in [1.807, 2.05) is 18.2 Å². The number of halogens is 1. The lowest BCUT2D eigenvalue weighted by Crippen LogP contribution is -2.15. The summed E-state index contributed by atoms with van der Waals surface area (Å²) in [5.74, 6) is 0.448. The molecule has 0 atom stereocenters. The molecule has 0 unspecified atom stereocenters. The van der Waals surface area contributed by atoms with Gasteiger partial charge in [-0.05, 0) is 38.1 Å². The SMILES string of the molecule is CC(C)S(=O)(=O)Cc1cc2cc(Br)ccc2o1. The molecule has 0 aliphatic heterocycles. The van der Waals surface area contributed by atoms with Crippen molar-refractivity contribution in [2.24, 2.45) is 0 Å². The molecule has 0 saturated heterocycles. The maximum absolute atomic E-state index is 11.8. The number of furan rings is 1. The summed E-state index contributed by atoms with van der Waals surface area (Å²) in [7, 11) is -3.11. The molecule has 1 heterocycles. The summed E-state index contributed by atoms with van der Waals surface area (Å²) in [5, 5.41) is 0.524. The lowest BCUT2D eigenvalue weighted by atomic mass is 10.2. The van der Waals surface area contributed by atoms with E-state index in [-0.39, 0.29) is 11.0 Å². The smallest absolute Gasteiger partial charge is 0.159 e. The van der Waals surface area contributed by atoms with Crippen LogP contribution in [0.2, 0.25) is 0 Å². The Morgan fingerprint density at radius 3 is 2.65 bits per heavy atom. The number of fused-ring (bicyclic) bond motifs is 1. The molecule has 0 amide bonds. The first-order chi connectivity index (χ1) is 7.88. The summed E-state index contributed by atoms with van der Waals surface area (Å²) in [4.78, 5) is 0. The molecule has 0 aliphatic rings. The Bertz CT molecular complexity index is 641. The minimum absolute atomic E-state index is 0.0447. The molecule has 1 aromatic heterocycles. The van der Waals surface area contributed by atoms with Crippen LogP contribution in [0.4, 0.5) is 0 Å². The molecule has 0 saturated carbocycles. The van der Waals surface area contributed by atoms with Gasteiger partial charge in [-0.15, -0.1) is 0 Å². The van der Waals surface area contributed by atoms with Crippen molar-refractivity contribution < 1.29 is 12.8 Å². The highest BCUT2D eigenvalue weighted by molar-refractivity contribution is 9.10. The van der Waals surface area contributed by atoms with Crippen LogP contribution in [0.3, 0.4) is 0 Å². The van der Waals surface area contributed by atoms with Crippen molar-refractivity contribution in [2.45, 2.75) is 24.9 Å².